The Balaban J connectivity index is 2.47. The van der Waals surface area contributed by atoms with Crippen LogP contribution in [0, 0.1) is 32.8 Å². The van der Waals surface area contributed by atoms with Gasteiger partial charge < -0.3 is 5.11 Å². The largest absolute Gasteiger partial charge is 0.508 e. The van der Waals surface area contributed by atoms with E-state index in [2.05, 4.69) is 10.2 Å². The molecule has 9 heteroatoms. The summed E-state index contributed by atoms with van der Waals surface area (Å²) in [6.07, 6.45) is 0.00630. The number of nitriles is 1. The van der Waals surface area contributed by atoms with Crippen LogP contribution in [0.1, 0.15) is 20.3 Å². The number of Topliss-reactive ketones (excluding diaryl/α,β-unsaturated/α-hetero) is 1. The molecule has 1 unspecified atom stereocenters. The molecule has 1 N–H and O–H groups in total. The zero-order valence-corrected chi connectivity index (χ0v) is 13.6. The van der Waals surface area contributed by atoms with Crippen LogP contribution in [0.4, 0.5) is 11.4 Å². The highest BCUT2D eigenvalue weighted by Gasteiger charge is 2.42. The highest BCUT2D eigenvalue weighted by atomic mass is 35.5. The molecule has 1 aliphatic carbocycles. The third-order valence-corrected chi connectivity index (χ3v) is 3.93. The van der Waals surface area contributed by atoms with Crippen LogP contribution < -0.4 is 0 Å². The SMILES string of the molecule is CC1(C)CC(=O)C(N=Nc2ccc(Cl)cc2[N+](=O)[O-])=C(O)C1C#N. The Morgan fingerprint density at radius 1 is 1.46 bits per heavy atom. The van der Waals surface area contributed by atoms with E-state index in [9.17, 15) is 25.3 Å². The van der Waals surface area contributed by atoms with Gasteiger partial charge in [-0.3, -0.25) is 14.9 Å². The van der Waals surface area contributed by atoms with Crippen LogP contribution >= 0.6 is 11.6 Å². The first-order valence-corrected chi connectivity index (χ1v) is 7.27. The number of ketones is 1. The molecular formula is C15H13ClN4O4. The molecule has 0 fully saturated rings. The fourth-order valence-corrected chi connectivity index (χ4v) is 2.59. The minimum atomic E-state index is -0.913. The number of rotatable bonds is 3. The lowest BCUT2D eigenvalue weighted by Crippen LogP contribution is -2.33. The number of carbonyl (C=O) groups is 1. The summed E-state index contributed by atoms with van der Waals surface area (Å²) in [4.78, 5) is 22.5. The predicted octanol–water partition coefficient (Wildman–Crippen LogP) is 4.24. The van der Waals surface area contributed by atoms with Gasteiger partial charge in [0.05, 0.1) is 11.0 Å². The van der Waals surface area contributed by atoms with Crippen molar-refractivity contribution in [2.75, 3.05) is 0 Å². The number of hydrogen-bond acceptors (Lipinski definition) is 7. The van der Waals surface area contributed by atoms with E-state index in [1.165, 1.54) is 12.1 Å². The molecule has 24 heavy (non-hydrogen) atoms. The molecule has 0 spiro atoms. The molecule has 0 heterocycles. The molecule has 1 aromatic rings. The number of nitro groups is 1. The van der Waals surface area contributed by atoms with E-state index in [0.29, 0.717) is 0 Å². The van der Waals surface area contributed by atoms with E-state index >= 15 is 0 Å². The third kappa shape index (κ3) is 3.26. The number of aliphatic hydroxyl groups is 1. The second-order valence-corrected chi connectivity index (χ2v) is 6.41. The molecule has 124 valence electrons. The smallest absolute Gasteiger partial charge is 0.298 e. The monoisotopic (exact) mass is 348 g/mol. The minimum absolute atomic E-state index is 0.00630. The number of carbonyl (C=O) groups excluding carboxylic acids is 1. The van der Waals surface area contributed by atoms with Gasteiger partial charge in [-0.15, -0.1) is 10.2 Å². The zero-order valence-electron chi connectivity index (χ0n) is 12.9. The van der Waals surface area contributed by atoms with Gasteiger partial charge in [0.2, 0.25) is 0 Å². The Labute approximate surface area is 142 Å². The van der Waals surface area contributed by atoms with Gasteiger partial charge in [0, 0.05) is 17.5 Å². The summed E-state index contributed by atoms with van der Waals surface area (Å²) in [5.74, 6) is -1.87. The summed E-state index contributed by atoms with van der Waals surface area (Å²) >= 11 is 5.71. The molecule has 0 bridgehead atoms. The van der Waals surface area contributed by atoms with Crippen LogP contribution in [0.2, 0.25) is 5.02 Å². The average Bonchev–Trinajstić information content (AvgIpc) is 2.47. The standard InChI is InChI=1S/C15H13ClN4O4/c1-15(2)6-12(21)13(14(22)9(15)7-17)19-18-10-4-3-8(16)5-11(10)20(23)24/h3-5,9,22H,6H2,1-2H3. The van der Waals surface area contributed by atoms with Crippen molar-refractivity contribution in [3.05, 3.63) is 44.8 Å². The maximum atomic E-state index is 12.1. The van der Waals surface area contributed by atoms with E-state index < -0.39 is 27.8 Å². The summed E-state index contributed by atoms with van der Waals surface area (Å²) in [7, 11) is 0. The number of halogens is 1. The van der Waals surface area contributed by atoms with Crippen molar-refractivity contribution < 1.29 is 14.8 Å². The van der Waals surface area contributed by atoms with Crippen LogP contribution in [0.5, 0.6) is 0 Å². The summed E-state index contributed by atoms with van der Waals surface area (Å²) in [5.41, 5.74) is -1.59. The molecule has 0 amide bonds. The number of allylic oxidation sites excluding steroid dienone is 2. The number of nitrogens with zero attached hydrogens (tertiary/aromatic N) is 4. The molecule has 1 aromatic carbocycles. The number of aliphatic hydroxyl groups excluding tert-OH is 1. The average molecular weight is 349 g/mol. The maximum Gasteiger partial charge on any atom is 0.298 e. The van der Waals surface area contributed by atoms with Crippen molar-refractivity contribution in [1.29, 1.82) is 5.26 Å². The molecule has 1 atom stereocenters. The lowest BCUT2D eigenvalue weighted by atomic mass is 9.70. The summed E-state index contributed by atoms with van der Waals surface area (Å²) in [6, 6.07) is 5.72. The quantitative estimate of drug-likeness (QED) is 0.496. The van der Waals surface area contributed by atoms with Gasteiger partial charge in [-0.25, -0.2) is 0 Å². The first kappa shape index (κ1) is 17.6. The Hall–Kier alpha value is -2.79. The molecule has 8 nitrogen and oxygen atoms in total. The Morgan fingerprint density at radius 2 is 2.12 bits per heavy atom. The van der Waals surface area contributed by atoms with Gasteiger partial charge in [0.15, 0.2) is 17.2 Å². The second kappa shape index (κ2) is 6.37. The van der Waals surface area contributed by atoms with Crippen molar-refractivity contribution in [2.45, 2.75) is 20.3 Å². The van der Waals surface area contributed by atoms with Gasteiger partial charge >= 0.3 is 0 Å². The normalized spacial score (nSPS) is 20.2. The zero-order chi connectivity index (χ0) is 18.1. The van der Waals surface area contributed by atoms with Gasteiger partial charge in [-0.05, 0) is 17.5 Å². The third-order valence-electron chi connectivity index (χ3n) is 3.70. The molecule has 1 aliphatic rings. The lowest BCUT2D eigenvalue weighted by molar-refractivity contribution is -0.384. The molecule has 0 saturated carbocycles. The summed E-state index contributed by atoms with van der Waals surface area (Å²) in [6.45, 7) is 3.37. The highest BCUT2D eigenvalue weighted by molar-refractivity contribution is 6.30. The fraction of sp³-hybridized carbons (Fsp3) is 0.333. The maximum absolute atomic E-state index is 12.1. The first-order valence-electron chi connectivity index (χ1n) is 6.89. The molecular weight excluding hydrogens is 336 g/mol. The van der Waals surface area contributed by atoms with Crippen molar-refractivity contribution in [3.63, 3.8) is 0 Å². The van der Waals surface area contributed by atoms with E-state index in [1.807, 2.05) is 6.07 Å². The Kier molecular flexibility index (Phi) is 4.66. The Morgan fingerprint density at radius 3 is 2.71 bits per heavy atom. The van der Waals surface area contributed by atoms with E-state index in [4.69, 9.17) is 11.6 Å². The highest BCUT2D eigenvalue weighted by Crippen LogP contribution is 2.41. The van der Waals surface area contributed by atoms with Crippen molar-refractivity contribution >= 4 is 28.8 Å². The summed E-state index contributed by atoms with van der Waals surface area (Å²) < 4.78 is 0. The van der Waals surface area contributed by atoms with Gasteiger partial charge in [-0.1, -0.05) is 25.4 Å². The fourth-order valence-electron chi connectivity index (χ4n) is 2.42. The second-order valence-electron chi connectivity index (χ2n) is 5.97. The number of nitro benzene ring substituents is 1. The molecule has 0 aromatic heterocycles. The van der Waals surface area contributed by atoms with Crippen molar-refractivity contribution in [2.24, 2.45) is 21.6 Å². The predicted molar refractivity (Wildman–Crippen MR) is 84.8 cm³/mol. The summed E-state index contributed by atoms with van der Waals surface area (Å²) in [5, 5.41) is 37.9. The Bertz CT molecular complexity index is 823. The van der Waals surface area contributed by atoms with E-state index in [1.54, 1.807) is 13.8 Å². The van der Waals surface area contributed by atoms with Gasteiger partial charge in [0.1, 0.15) is 11.7 Å². The van der Waals surface area contributed by atoms with Crippen LogP contribution in [0.15, 0.2) is 39.9 Å². The topological polar surface area (TPSA) is 129 Å². The van der Waals surface area contributed by atoms with Crippen LogP contribution in [-0.2, 0) is 4.79 Å². The molecule has 0 aliphatic heterocycles. The van der Waals surface area contributed by atoms with Crippen molar-refractivity contribution in [3.8, 4) is 6.07 Å². The molecule has 0 radical (unpaired) electrons. The number of benzene rings is 1. The molecule has 0 saturated heterocycles. The number of azo groups is 1. The van der Waals surface area contributed by atoms with Crippen LogP contribution in [0.3, 0.4) is 0 Å². The number of hydrogen-bond donors (Lipinski definition) is 1. The first-order chi connectivity index (χ1) is 11.2. The van der Waals surface area contributed by atoms with E-state index in [-0.39, 0.29) is 28.5 Å². The van der Waals surface area contributed by atoms with Crippen LogP contribution in [0.25, 0.3) is 0 Å². The van der Waals surface area contributed by atoms with E-state index in [0.717, 1.165) is 6.07 Å². The lowest BCUT2D eigenvalue weighted by Gasteiger charge is -2.32. The van der Waals surface area contributed by atoms with Crippen molar-refractivity contribution in [1.82, 2.24) is 0 Å². The minimum Gasteiger partial charge on any atom is -0.508 e. The molecule has 2 rings (SSSR count). The van der Waals surface area contributed by atoms with Gasteiger partial charge in [0.25, 0.3) is 5.69 Å². The van der Waals surface area contributed by atoms with Crippen LogP contribution in [-0.4, -0.2) is 15.8 Å². The van der Waals surface area contributed by atoms with Gasteiger partial charge in [-0.2, -0.15) is 5.26 Å².